The van der Waals surface area contributed by atoms with Gasteiger partial charge in [0, 0.05) is 12.0 Å². The smallest absolute Gasteiger partial charge is 0.310 e. The van der Waals surface area contributed by atoms with Crippen LogP contribution in [0, 0.1) is 17.3 Å². The third kappa shape index (κ3) is 7.49. The molecule has 33 heavy (non-hydrogen) atoms. The van der Waals surface area contributed by atoms with Gasteiger partial charge in [-0.15, -0.1) is 6.58 Å². The van der Waals surface area contributed by atoms with E-state index in [4.69, 9.17) is 4.74 Å². The molecule has 3 unspecified atom stereocenters. The Labute approximate surface area is 200 Å². The molecule has 3 aliphatic rings. The Balaban J connectivity index is 0.000000294. The van der Waals surface area contributed by atoms with Gasteiger partial charge in [-0.3, -0.25) is 9.59 Å². The minimum atomic E-state index is -0.390. The van der Waals surface area contributed by atoms with Gasteiger partial charge in [0.2, 0.25) is 0 Å². The zero-order valence-corrected chi connectivity index (χ0v) is 21.3. The Kier molecular flexibility index (Phi) is 10.3. The lowest BCUT2D eigenvalue weighted by molar-refractivity contribution is -0.150. The maximum atomic E-state index is 12.5. The lowest BCUT2D eigenvalue weighted by atomic mass is 10.1. The number of unbranched alkanes of at least 4 members (excludes halogenated alkanes) is 1. The number of nitrogens with zero attached hydrogens (tertiary/aromatic N) is 1. The Hall–Kier alpha value is -2.01. The molecule has 0 N–H and O–H groups in total. The number of carbonyl (C=O) groups is 3. The van der Waals surface area contributed by atoms with Gasteiger partial charge in [0.05, 0.1) is 12.3 Å². The van der Waals surface area contributed by atoms with Gasteiger partial charge in [-0.1, -0.05) is 38.0 Å². The first-order chi connectivity index (χ1) is 15.6. The molecule has 3 atom stereocenters. The summed E-state index contributed by atoms with van der Waals surface area (Å²) in [4.78, 5) is 37.0. The predicted octanol–water partition coefficient (Wildman–Crippen LogP) is 5.45. The summed E-state index contributed by atoms with van der Waals surface area (Å²) < 4.78 is 5.66. The fourth-order valence-corrected chi connectivity index (χ4v) is 5.00. The summed E-state index contributed by atoms with van der Waals surface area (Å²) in [6, 6.07) is 0. The number of ketones is 1. The predicted molar refractivity (Wildman–Crippen MR) is 133 cm³/mol. The van der Waals surface area contributed by atoms with Crippen LogP contribution in [0.2, 0.25) is 0 Å². The van der Waals surface area contributed by atoms with E-state index >= 15 is 0 Å². The highest BCUT2D eigenvalue weighted by Crippen LogP contribution is 2.60. The number of allylic oxidation sites excluding steroid dienone is 4. The number of esters is 1. The number of carbonyl (C=O) groups excluding carboxylic acids is 3. The van der Waals surface area contributed by atoms with Crippen LogP contribution in [-0.2, 0) is 19.1 Å². The molecule has 1 heterocycles. The number of aldehydes is 1. The van der Waals surface area contributed by atoms with Crippen LogP contribution in [0.3, 0.4) is 0 Å². The van der Waals surface area contributed by atoms with E-state index in [9.17, 15) is 14.4 Å². The topological polar surface area (TPSA) is 63.7 Å². The fraction of sp³-hybridized carbons (Fsp3) is 0.679. The first-order valence-electron chi connectivity index (χ1n) is 12.5. The summed E-state index contributed by atoms with van der Waals surface area (Å²) in [5.74, 6) is 0.0309. The van der Waals surface area contributed by atoms with E-state index in [1.807, 2.05) is 20.8 Å². The summed E-state index contributed by atoms with van der Waals surface area (Å²) in [5, 5.41) is 0. The van der Waals surface area contributed by atoms with Crippen molar-refractivity contribution in [2.45, 2.75) is 85.7 Å². The van der Waals surface area contributed by atoms with Crippen LogP contribution in [0.15, 0.2) is 35.5 Å². The van der Waals surface area contributed by atoms with Gasteiger partial charge in [0.15, 0.2) is 5.78 Å². The summed E-state index contributed by atoms with van der Waals surface area (Å²) in [6.45, 7) is 17.4. The summed E-state index contributed by atoms with van der Waals surface area (Å²) >= 11 is 0. The van der Waals surface area contributed by atoms with Crippen LogP contribution in [0.4, 0.5) is 0 Å². The van der Waals surface area contributed by atoms with Crippen molar-refractivity contribution in [3.05, 3.63) is 35.5 Å². The lowest BCUT2D eigenvalue weighted by Gasteiger charge is -2.25. The number of hydrogen-bond acceptors (Lipinski definition) is 5. The summed E-state index contributed by atoms with van der Waals surface area (Å²) in [5.41, 5.74) is 2.80. The molecule has 1 aliphatic heterocycles. The maximum absolute atomic E-state index is 12.5. The third-order valence-corrected chi connectivity index (χ3v) is 7.20. The Bertz CT molecular complexity index is 782. The molecule has 5 nitrogen and oxygen atoms in total. The SMILES string of the molecule is C=CCC1=C(C)C(OC(=O)C2C(C=C(C)C)C2(C)C)CC1=O.O=CCCCN1CCCCC1. The highest BCUT2D eigenvalue weighted by atomic mass is 16.5. The molecular weight excluding hydrogens is 414 g/mol. The molecule has 184 valence electrons. The molecule has 5 heteroatoms. The first kappa shape index (κ1) is 27.2. The third-order valence-electron chi connectivity index (χ3n) is 7.20. The largest absolute Gasteiger partial charge is 0.457 e. The molecule has 0 spiro atoms. The molecule has 0 aromatic heterocycles. The quantitative estimate of drug-likeness (QED) is 0.199. The van der Waals surface area contributed by atoms with Crippen molar-refractivity contribution in [3.8, 4) is 0 Å². The molecule has 0 amide bonds. The van der Waals surface area contributed by atoms with E-state index in [0.717, 1.165) is 36.8 Å². The van der Waals surface area contributed by atoms with E-state index in [0.29, 0.717) is 6.42 Å². The van der Waals surface area contributed by atoms with Crippen molar-refractivity contribution in [1.29, 1.82) is 0 Å². The van der Waals surface area contributed by atoms with Crippen LogP contribution in [0.5, 0.6) is 0 Å². The molecule has 0 aromatic carbocycles. The molecule has 0 bridgehead atoms. The van der Waals surface area contributed by atoms with Gasteiger partial charge in [0.1, 0.15) is 12.4 Å². The fourth-order valence-electron chi connectivity index (χ4n) is 5.00. The normalized spacial score (nSPS) is 26.2. The number of likely N-dealkylation sites (tertiary alicyclic amines) is 1. The average molecular weight is 458 g/mol. The standard InChI is InChI=1S/C19H26O3.C9H17NO/c1-7-8-13-12(4)16(10-15(13)20)22-18(21)17-14(9-11(2)3)19(17,5)6;11-9-5-4-8-10-6-2-1-3-7-10/h7,9,14,16-17H,1,8,10H2,2-6H3;9H,1-8H2. The van der Waals surface area contributed by atoms with Crippen LogP contribution < -0.4 is 0 Å². The minimum Gasteiger partial charge on any atom is -0.457 e. The van der Waals surface area contributed by atoms with Crippen molar-refractivity contribution < 1.29 is 19.1 Å². The molecule has 2 aliphatic carbocycles. The second-order valence-corrected chi connectivity index (χ2v) is 10.5. The number of hydrogen-bond donors (Lipinski definition) is 0. The Morgan fingerprint density at radius 3 is 2.45 bits per heavy atom. The zero-order chi connectivity index (χ0) is 24.6. The highest BCUT2D eigenvalue weighted by Gasteiger charge is 2.61. The highest BCUT2D eigenvalue weighted by molar-refractivity contribution is 6.00. The Morgan fingerprint density at radius 1 is 1.21 bits per heavy atom. The second kappa shape index (κ2) is 12.5. The molecule has 1 saturated carbocycles. The van der Waals surface area contributed by atoms with Crippen molar-refractivity contribution in [2.75, 3.05) is 19.6 Å². The second-order valence-electron chi connectivity index (χ2n) is 10.5. The first-order valence-corrected chi connectivity index (χ1v) is 12.5. The van der Waals surface area contributed by atoms with E-state index in [1.54, 1.807) is 6.08 Å². The molecule has 1 saturated heterocycles. The van der Waals surface area contributed by atoms with Gasteiger partial charge < -0.3 is 14.4 Å². The van der Waals surface area contributed by atoms with Crippen LogP contribution in [-0.4, -0.2) is 48.7 Å². The number of ether oxygens (including phenoxy) is 1. The van der Waals surface area contributed by atoms with Crippen LogP contribution in [0.1, 0.15) is 79.6 Å². The Morgan fingerprint density at radius 2 is 1.88 bits per heavy atom. The van der Waals surface area contributed by atoms with Gasteiger partial charge in [0.25, 0.3) is 0 Å². The van der Waals surface area contributed by atoms with Crippen molar-refractivity contribution in [2.24, 2.45) is 17.3 Å². The van der Waals surface area contributed by atoms with Gasteiger partial charge in [-0.05, 0) is 83.0 Å². The molecule has 0 radical (unpaired) electrons. The van der Waals surface area contributed by atoms with Gasteiger partial charge in [-0.25, -0.2) is 0 Å². The number of Topliss-reactive ketones (excluding diaryl/α,β-unsaturated/α-hetero) is 1. The maximum Gasteiger partial charge on any atom is 0.310 e. The van der Waals surface area contributed by atoms with E-state index in [2.05, 4.69) is 31.4 Å². The molecular formula is C28H43NO4. The van der Waals surface area contributed by atoms with E-state index < -0.39 is 6.10 Å². The van der Waals surface area contributed by atoms with Crippen molar-refractivity contribution >= 4 is 18.0 Å². The summed E-state index contributed by atoms with van der Waals surface area (Å²) in [6.07, 6.45) is 11.2. The summed E-state index contributed by atoms with van der Waals surface area (Å²) in [7, 11) is 0. The monoisotopic (exact) mass is 457 g/mol. The van der Waals surface area contributed by atoms with Crippen LogP contribution in [0.25, 0.3) is 0 Å². The molecule has 3 rings (SSSR count). The van der Waals surface area contributed by atoms with Gasteiger partial charge >= 0.3 is 5.97 Å². The van der Waals surface area contributed by atoms with E-state index in [-0.39, 0.29) is 35.4 Å². The van der Waals surface area contributed by atoms with Crippen molar-refractivity contribution in [3.63, 3.8) is 0 Å². The van der Waals surface area contributed by atoms with Crippen molar-refractivity contribution in [1.82, 2.24) is 4.90 Å². The zero-order valence-electron chi connectivity index (χ0n) is 21.3. The lowest BCUT2D eigenvalue weighted by Crippen LogP contribution is -2.30. The average Bonchev–Trinajstić information content (AvgIpc) is 3.19. The molecule has 2 fully saturated rings. The number of piperidine rings is 1. The molecule has 0 aromatic rings. The minimum absolute atomic E-state index is 0.0570. The van der Waals surface area contributed by atoms with Gasteiger partial charge in [-0.2, -0.15) is 0 Å². The van der Waals surface area contributed by atoms with E-state index in [1.165, 1.54) is 37.9 Å². The number of rotatable bonds is 9. The van der Waals surface area contributed by atoms with Crippen LogP contribution >= 0.6 is 0 Å².